The van der Waals surface area contributed by atoms with E-state index in [-0.39, 0.29) is 12.1 Å². The summed E-state index contributed by atoms with van der Waals surface area (Å²) in [5, 5.41) is 0. The van der Waals surface area contributed by atoms with Gasteiger partial charge in [0.25, 0.3) is 0 Å². The molecule has 0 aromatic heterocycles. The molecule has 5 heteroatoms. The molecule has 0 radical (unpaired) electrons. The lowest BCUT2D eigenvalue weighted by molar-refractivity contribution is -0.145. The average Bonchev–Trinajstić information content (AvgIpc) is 2.87. The summed E-state index contributed by atoms with van der Waals surface area (Å²) < 4.78 is 11.2. The minimum Gasteiger partial charge on any atom is -0.461 e. The van der Waals surface area contributed by atoms with Gasteiger partial charge in [0.05, 0.1) is 6.10 Å². The molecule has 1 rings (SSSR count). The predicted octanol–water partition coefficient (Wildman–Crippen LogP) is 9.06. The Labute approximate surface area is 217 Å². The highest BCUT2D eigenvalue weighted by Gasteiger charge is 2.13. The molecule has 0 N–H and O–H groups in total. The predicted molar refractivity (Wildman–Crippen MR) is 157 cm³/mol. The van der Waals surface area contributed by atoms with Gasteiger partial charge in [0, 0.05) is 20.8 Å². The van der Waals surface area contributed by atoms with Crippen LogP contribution >= 0.6 is 17.4 Å². The Bertz CT molecular complexity index is 797. The van der Waals surface area contributed by atoms with Gasteiger partial charge in [-0.25, -0.2) is 0 Å². The van der Waals surface area contributed by atoms with Crippen LogP contribution in [0.25, 0.3) is 0 Å². The van der Waals surface area contributed by atoms with E-state index in [9.17, 15) is 4.79 Å². The molecular formula is C30H44O3P2. The van der Waals surface area contributed by atoms with Crippen molar-refractivity contribution in [3.63, 3.8) is 0 Å². The minimum absolute atomic E-state index is 0.112. The zero-order valence-electron chi connectivity index (χ0n) is 21.5. The lowest BCUT2D eigenvalue weighted by Gasteiger charge is -2.19. The summed E-state index contributed by atoms with van der Waals surface area (Å²) >= 11 is 0. The first-order chi connectivity index (χ1) is 17.2. The summed E-state index contributed by atoms with van der Waals surface area (Å²) in [5.74, 6) is 0.242. The lowest BCUT2D eigenvalue weighted by Crippen LogP contribution is -2.15. The molecular weight excluding hydrogens is 470 g/mol. The van der Waals surface area contributed by atoms with Gasteiger partial charge in [-0.1, -0.05) is 120 Å². The van der Waals surface area contributed by atoms with Crippen molar-refractivity contribution < 1.29 is 14.1 Å². The first-order valence-electron chi connectivity index (χ1n) is 12.8. The summed E-state index contributed by atoms with van der Waals surface area (Å²) in [4.78, 5) is 11.8. The molecule has 3 nitrogen and oxygen atoms in total. The molecule has 0 bridgehead atoms. The molecule has 192 valence electrons. The van der Waals surface area contributed by atoms with Crippen molar-refractivity contribution in [2.45, 2.75) is 77.9 Å². The Balaban J connectivity index is 2.14. The van der Waals surface area contributed by atoms with Gasteiger partial charge in [0.1, 0.15) is 6.61 Å². The topological polar surface area (TPSA) is 35.5 Å². The van der Waals surface area contributed by atoms with Crippen molar-refractivity contribution in [1.29, 1.82) is 0 Å². The summed E-state index contributed by atoms with van der Waals surface area (Å²) in [6, 6.07) is 9.80. The van der Waals surface area contributed by atoms with Gasteiger partial charge in [-0.2, -0.15) is 0 Å². The molecule has 0 fully saturated rings. The Kier molecular flexibility index (Phi) is 20.2. The van der Waals surface area contributed by atoms with Crippen molar-refractivity contribution in [1.82, 2.24) is 0 Å². The summed E-state index contributed by atoms with van der Waals surface area (Å²) in [6.45, 7) is 4.72. The van der Waals surface area contributed by atoms with Crippen LogP contribution in [-0.2, 0) is 20.7 Å². The van der Waals surface area contributed by atoms with Crippen molar-refractivity contribution in [2.75, 3.05) is 0 Å². The fourth-order valence-electron chi connectivity index (χ4n) is 3.31. The maximum atomic E-state index is 11.8. The third-order valence-electron chi connectivity index (χ3n) is 5.39. The number of hydrogen-bond acceptors (Lipinski definition) is 3. The number of ether oxygens (including phenoxy) is 1. The Morgan fingerprint density at radius 3 is 2.51 bits per heavy atom. The highest BCUT2D eigenvalue weighted by molar-refractivity contribution is 8.00. The molecule has 1 aromatic carbocycles. The highest BCUT2D eigenvalue weighted by Crippen LogP contribution is 2.29. The number of carbonyl (C=O) groups excluding carboxylic acids is 1. The fraction of sp³-hybridized carbons (Fsp3) is 0.433. The van der Waals surface area contributed by atoms with E-state index in [4.69, 9.17) is 9.26 Å². The lowest BCUT2D eigenvalue weighted by atomic mass is 10.0. The zero-order chi connectivity index (χ0) is 25.4. The monoisotopic (exact) mass is 514 g/mol. The standard InChI is InChI=1S/C30H44O3P2/c1-3-4-5-6-13-19-24-29(33-35-34)27(2)21-16-12-10-8-7-9-11-14-20-25-30(31)32-26-28-22-17-15-18-23-28/h4-5,7-8,10,12-13,15-19,21-23,27,29,35H,3,6,9,11,14,20,24-26,34H2,1-2H3/b5-4-,8-7-,12-10+,19-13-,21-16-. The van der Waals surface area contributed by atoms with Gasteiger partial charge in [-0.05, 0) is 44.1 Å². The van der Waals surface area contributed by atoms with Gasteiger partial charge in [-0.3, -0.25) is 4.79 Å². The van der Waals surface area contributed by atoms with Crippen LogP contribution in [0.2, 0.25) is 0 Å². The van der Waals surface area contributed by atoms with Crippen LogP contribution in [0.5, 0.6) is 0 Å². The Morgan fingerprint density at radius 1 is 0.971 bits per heavy atom. The zero-order valence-corrected chi connectivity index (χ0v) is 23.6. The molecule has 4 unspecified atom stereocenters. The van der Waals surface area contributed by atoms with Crippen LogP contribution in [0.3, 0.4) is 0 Å². The van der Waals surface area contributed by atoms with E-state index in [0.717, 1.165) is 50.5 Å². The van der Waals surface area contributed by atoms with Gasteiger partial charge >= 0.3 is 5.97 Å². The summed E-state index contributed by atoms with van der Waals surface area (Å²) in [7, 11) is 3.10. The van der Waals surface area contributed by atoms with Gasteiger partial charge in [0.15, 0.2) is 0 Å². The molecule has 1 aromatic rings. The van der Waals surface area contributed by atoms with E-state index in [1.165, 1.54) is 0 Å². The van der Waals surface area contributed by atoms with E-state index < -0.39 is 0 Å². The number of hydrogen-bond donors (Lipinski definition) is 0. The first kappa shape index (κ1) is 31.2. The minimum atomic E-state index is -0.112. The maximum Gasteiger partial charge on any atom is 0.306 e. The van der Waals surface area contributed by atoms with Crippen molar-refractivity contribution in [3.8, 4) is 0 Å². The van der Waals surface area contributed by atoms with E-state index in [1.54, 1.807) is 0 Å². The van der Waals surface area contributed by atoms with Crippen LogP contribution in [-0.4, -0.2) is 12.1 Å². The number of esters is 1. The average molecular weight is 515 g/mol. The van der Waals surface area contributed by atoms with Crippen LogP contribution < -0.4 is 0 Å². The van der Waals surface area contributed by atoms with E-state index in [0.29, 0.717) is 27.4 Å². The fourth-order valence-corrected chi connectivity index (χ4v) is 4.32. The molecule has 0 aliphatic rings. The largest absolute Gasteiger partial charge is 0.461 e. The van der Waals surface area contributed by atoms with Crippen LogP contribution in [0.15, 0.2) is 91.1 Å². The van der Waals surface area contributed by atoms with Crippen molar-refractivity contribution >= 4 is 23.4 Å². The molecule has 4 atom stereocenters. The molecule has 0 saturated carbocycles. The van der Waals surface area contributed by atoms with Crippen LogP contribution in [0, 0.1) is 5.92 Å². The van der Waals surface area contributed by atoms with Gasteiger partial charge < -0.3 is 9.26 Å². The molecule has 0 amide bonds. The number of carbonyl (C=O) groups is 1. The summed E-state index contributed by atoms with van der Waals surface area (Å²) in [6.07, 6.45) is 29.3. The molecule has 0 saturated heterocycles. The second-order valence-electron chi connectivity index (χ2n) is 8.40. The number of rotatable bonds is 19. The van der Waals surface area contributed by atoms with Crippen molar-refractivity contribution in [3.05, 3.63) is 96.7 Å². The highest BCUT2D eigenvalue weighted by atomic mass is 32.0. The molecule has 0 heterocycles. The smallest absolute Gasteiger partial charge is 0.306 e. The first-order valence-corrected chi connectivity index (χ1v) is 15.5. The van der Waals surface area contributed by atoms with Gasteiger partial charge in [-0.15, -0.1) is 0 Å². The summed E-state index contributed by atoms with van der Waals surface area (Å²) in [5.41, 5.74) is 1.03. The molecule has 0 aliphatic carbocycles. The normalized spacial score (nSPS) is 14.5. The second kappa shape index (κ2) is 22.7. The number of benzene rings is 1. The third kappa shape index (κ3) is 18.2. The second-order valence-corrected chi connectivity index (χ2v) is 9.58. The van der Waals surface area contributed by atoms with E-state index in [2.05, 4.69) is 83.5 Å². The Morgan fingerprint density at radius 2 is 1.74 bits per heavy atom. The van der Waals surface area contributed by atoms with E-state index in [1.807, 2.05) is 30.3 Å². The maximum absolute atomic E-state index is 11.8. The number of allylic oxidation sites excluding steroid dienone is 8. The number of unbranched alkanes of at least 4 members (excludes halogenated alkanes) is 3. The molecule has 35 heavy (non-hydrogen) atoms. The molecule has 0 spiro atoms. The molecule has 0 aliphatic heterocycles. The Hall–Kier alpha value is -1.79. The third-order valence-corrected chi connectivity index (χ3v) is 6.24. The quantitative estimate of drug-likeness (QED) is 0.0607. The van der Waals surface area contributed by atoms with Crippen LogP contribution in [0.4, 0.5) is 0 Å². The van der Waals surface area contributed by atoms with Crippen molar-refractivity contribution in [2.24, 2.45) is 5.92 Å². The van der Waals surface area contributed by atoms with E-state index >= 15 is 0 Å². The SMILES string of the molecule is CC/C=C\C/C=C\CC(OPP)C(C)\C=C/C=C/C=C\CCCCCC(=O)OCc1ccccc1. The van der Waals surface area contributed by atoms with Gasteiger partial charge in [0.2, 0.25) is 0 Å². The van der Waals surface area contributed by atoms with Crippen LogP contribution in [0.1, 0.15) is 70.8 Å².